The summed E-state index contributed by atoms with van der Waals surface area (Å²) < 4.78 is 9.96. The summed E-state index contributed by atoms with van der Waals surface area (Å²) in [4.78, 5) is 28.9. The maximum atomic E-state index is 12.1. The molecule has 2 heterocycles. The van der Waals surface area contributed by atoms with Gasteiger partial charge in [0.05, 0.1) is 25.2 Å². The van der Waals surface area contributed by atoms with Gasteiger partial charge in [-0.3, -0.25) is 4.79 Å². The molecule has 1 aromatic carbocycles. The molecular weight excluding hydrogens is 328 g/mol. The lowest BCUT2D eigenvalue weighted by molar-refractivity contribution is -0.119. The molecule has 24 heavy (non-hydrogen) atoms. The molecule has 1 unspecified atom stereocenters. The van der Waals surface area contributed by atoms with Crippen molar-refractivity contribution in [3.05, 3.63) is 46.5 Å². The molecule has 0 radical (unpaired) electrons. The van der Waals surface area contributed by atoms with Gasteiger partial charge in [-0.1, -0.05) is 12.1 Å². The number of hydrogen-bond donors (Lipinski definition) is 1. The second-order valence-corrected chi connectivity index (χ2v) is 6.67. The molecule has 1 aromatic heterocycles. The molecule has 1 saturated heterocycles. The minimum Gasteiger partial charge on any atom is -0.465 e. The number of amides is 1. The second kappa shape index (κ2) is 7.55. The van der Waals surface area contributed by atoms with E-state index in [1.54, 1.807) is 18.3 Å². The number of esters is 1. The Labute approximate surface area is 143 Å². The van der Waals surface area contributed by atoms with Gasteiger partial charge in [-0.05, 0) is 24.1 Å². The van der Waals surface area contributed by atoms with Gasteiger partial charge in [0.15, 0.2) is 5.13 Å². The van der Waals surface area contributed by atoms with Crippen molar-refractivity contribution in [3.63, 3.8) is 0 Å². The average molecular weight is 346 g/mol. The summed E-state index contributed by atoms with van der Waals surface area (Å²) >= 11 is 1.43. The maximum Gasteiger partial charge on any atom is 0.337 e. The third-order valence-electron chi connectivity index (χ3n) is 3.81. The molecule has 0 aliphatic carbocycles. The van der Waals surface area contributed by atoms with Crippen LogP contribution in [0.5, 0.6) is 0 Å². The molecule has 2 aromatic rings. The molecule has 1 amide bonds. The predicted octanol–water partition coefficient (Wildman–Crippen LogP) is 2.50. The van der Waals surface area contributed by atoms with Crippen LogP contribution in [0.2, 0.25) is 0 Å². The van der Waals surface area contributed by atoms with E-state index in [2.05, 4.69) is 10.3 Å². The van der Waals surface area contributed by atoms with Crippen molar-refractivity contribution in [2.24, 2.45) is 5.92 Å². The van der Waals surface area contributed by atoms with E-state index in [4.69, 9.17) is 9.47 Å². The van der Waals surface area contributed by atoms with Gasteiger partial charge >= 0.3 is 5.97 Å². The van der Waals surface area contributed by atoms with Crippen molar-refractivity contribution < 1.29 is 19.1 Å². The second-order valence-electron chi connectivity index (χ2n) is 5.55. The fourth-order valence-electron chi connectivity index (χ4n) is 2.52. The van der Waals surface area contributed by atoms with Gasteiger partial charge in [-0.25, -0.2) is 9.78 Å². The molecule has 7 heteroatoms. The van der Waals surface area contributed by atoms with Crippen LogP contribution in [0.15, 0.2) is 30.5 Å². The van der Waals surface area contributed by atoms with Crippen molar-refractivity contribution in [2.75, 3.05) is 25.6 Å². The molecule has 1 atom stereocenters. The zero-order chi connectivity index (χ0) is 16.9. The Kier molecular flexibility index (Phi) is 5.22. The summed E-state index contributed by atoms with van der Waals surface area (Å²) in [5.74, 6) is -0.483. The van der Waals surface area contributed by atoms with Crippen molar-refractivity contribution in [3.8, 4) is 0 Å². The van der Waals surface area contributed by atoms with Gasteiger partial charge in [0.1, 0.15) is 0 Å². The Bertz CT molecular complexity index is 738. The van der Waals surface area contributed by atoms with Crippen molar-refractivity contribution in [1.29, 1.82) is 0 Å². The van der Waals surface area contributed by atoms with Crippen LogP contribution < -0.4 is 5.32 Å². The first-order valence-electron chi connectivity index (χ1n) is 7.66. The largest absolute Gasteiger partial charge is 0.465 e. The molecule has 6 nitrogen and oxygen atoms in total. The van der Waals surface area contributed by atoms with E-state index in [9.17, 15) is 9.59 Å². The van der Waals surface area contributed by atoms with Crippen LogP contribution in [0.25, 0.3) is 0 Å². The number of nitrogens with zero attached hydrogens (tertiary/aromatic N) is 1. The third-order valence-corrected chi connectivity index (χ3v) is 4.72. The molecule has 0 spiro atoms. The topological polar surface area (TPSA) is 77.5 Å². The SMILES string of the molecule is COC(=O)c1cccc(Cc2cnc(NC(=O)C3CCOC3)s2)c1. The number of carbonyl (C=O) groups excluding carboxylic acids is 2. The highest BCUT2D eigenvalue weighted by Crippen LogP contribution is 2.23. The molecular formula is C17H18N2O4S. The molecule has 1 aliphatic rings. The zero-order valence-electron chi connectivity index (χ0n) is 13.3. The number of thiazole rings is 1. The molecule has 1 fully saturated rings. The van der Waals surface area contributed by atoms with Gasteiger partial charge in [0.25, 0.3) is 0 Å². The number of benzene rings is 1. The van der Waals surface area contributed by atoms with E-state index in [1.807, 2.05) is 12.1 Å². The highest BCUT2D eigenvalue weighted by molar-refractivity contribution is 7.15. The third kappa shape index (κ3) is 3.98. The lowest BCUT2D eigenvalue weighted by Gasteiger charge is -2.06. The van der Waals surface area contributed by atoms with E-state index in [-0.39, 0.29) is 17.8 Å². The summed E-state index contributed by atoms with van der Waals surface area (Å²) in [5.41, 5.74) is 1.51. The molecule has 1 aliphatic heterocycles. The molecule has 3 rings (SSSR count). The number of nitrogens with one attached hydrogen (secondary N) is 1. The van der Waals surface area contributed by atoms with Gasteiger partial charge in [0.2, 0.25) is 5.91 Å². The van der Waals surface area contributed by atoms with E-state index in [1.165, 1.54) is 18.4 Å². The first kappa shape index (κ1) is 16.6. The fourth-order valence-corrected chi connectivity index (χ4v) is 3.37. The Morgan fingerprint density at radius 3 is 3.08 bits per heavy atom. The lowest BCUT2D eigenvalue weighted by Crippen LogP contribution is -2.22. The molecule has 0 bridgehead atoms. The molecule has 0 saturated carbocycles. The van der Waals surface area contributed by atoms with Crippen molar-refractivity contribution in [2.45, 2.75) is 12.8 Å². The lowest BCUT2D eigenvalue weighted by atomic mass is 10.1. The number of ether oxygens (including phenoxy) is 2. The molecule has 126 valence electrons. The summed E-state index contributed by atoms with van der Waals surface area (Å²) in [7, 11) is 1.36. The highest BCUT2D eigenvalue weighted by atomic mass is 32.1. The number of aromatic nitrogens is 1. The normalized spacial score (nSPS) is 16.8. The fraction of sp³-hybridized carbons (Fsp3) is 0.353. The van der Waals surface area contributed by atoms with Gasteiger partial charge in [-0.2, -0.15) is 0 Å². The van der Waals surface area contributed by atoms with E-state index >= 15 is 0 Å². The minimum absolute atomic E-state index is 0.0407. The Morgan fingerprint density at radius 1 is 1.46 bits per heavy atom. The number of hydrogen-bond acceptors (Lipinski definition) is 6. The van der Waals surface area contributed by atoms with Gasteiger partial charge in [0, 0.05) is 24.1 Å². The van der Waals surface area contributed by atoms with Crippen molar-refractivity contribution >= 4 is 28.3 Å². The standard InChI is InChI=1S/C17H18N2O4S/c1-22-16(21)12-4-2-3-11(7-12)8-14-9-18-17(24-14)19-15(20)13-5-6-23-10-13/h2-4,7,9,13H,5-6,8,10H2,1H3,(H,18,19,20). The Morgan fingerprint density at radius 2 is 2.33 bits per heavy atom. The van der Waals surface area contributed by atoms with Crippen LogP contribution in [0, 0.1) is 5.92 Å². The molecule has 1 N–H and O–H groups in total. The van der Waals surface area contributed by atoms with Crippen LogP contribution in [0.1, 0.15) is 27.2 Å². The van der Waals surface area contributed by atoms with E-state index in [0.717, 1.165) is 16.9 Å². The number of carbonyl (C=O) groups is 2. The summed E-state index contributed by atoms with van der Waals surface area (Å²) in [6.45, 7) is 1.11. The average Bonchev–Trinajstić information content (AvgIpc) is 3.26. The predicted molar refractivity (Wildman–Crippen MR) is 90.3 cm³/mol. The summed E-state index contributed by atoms with van der Waals surface area (Å²) in [6.07, 6.45) is 3.14. The van der Waals surface area contributed by atoms with E-state index < -0.39 is 0 Å². The van der Waals surface area contributed by atoms with Crippen LogP contribution in [0.4, 0.5) is 5.13 Å². The smallest absolute Gasteiger partial charge is 0.337 e. The van der Waals surface area contributed by atoms with Crippen LogP contribution >= 0.6 is 11.3 Å². The number of rotatable bonds is 5. The Balaban J connectivity index is 1.63. The quantitative estimate of drug-likeness (QED) is 0.842. The van der Waals surface area contributed by atoms with Crippen LogP contribution in [0.3, 0.4) is 0 Å². The maximum absolute atomic E-state index is 12.1. The van der Waals surface area contributed by atoms with Gasteiger partial charge in [-0.15, -0.1) is 11.3 Å². The minimum atomic E-state index is -0.354. The number of methoxy groups -OCH3 is 1. The van der Waals surface area contributed by atoms with Crippen molar-refractivity contribution in [1.82, 2.24) is 4.98 Å². The highest BCUT2D eigenvalue weighted by Gasteiger charge is 2.24. The summed E-state index contributed by atoms with van der Waals surface area (Å²) in [6, 6.07) is 7.29. The van der Waals surface area contributed by atoms with Gasteiger partial charge < -0.3 is 14.8 Å². The van der Waals surface area contributed by atoms with Crippen LogP contribution in [-0.2, 0) is 20.7 Å². The Hall–Kier alpha value is -2.25. The zero-order valence-corrected chi connectivity index (χ0v) is 14.1. The number of anilines is 1. The van der Waals surface area contributed by atoms with Crippen LogP contribution in [-0.4, -0.2) is 37.2 Å². The monoisotopic (exact) mass is 346 g/mol. The summed E-state index contributed by atoms with van der Waals surface area (Å²) in [5, 5.41) is 3.43. The first-order chi connectivity index (χ1) is 11.7. The first-order valence-corrected chi connectivity index (χ1v) is 8.48. The van der Waals surface area contributed by atoms with E-state index in [0.29, 0.717) is 30.3 Å².